The summed E-state index contributed by atoms with van der Waals surface area (Å²) in [7, 11) is 0. The van der Waals surface area contributed by atoms with E-state index in [1.54, 1.807) is 0 Å². The molecule has 1 fully saturated rings. The van der Waals surface area contributed by atoms with Crippen molar-refractivity contribution in [2.75, 3.05) is 13.1 Å². The summed E-state index contributed by atoms with van der Waals surface area (Å²) in [6, 6.07) is 3.80. The van der Waals surface area contributed by atoms with Gasteiger partial charge in [-0.2, -0.15) is 0 Å². The highest BCUT2D eigenvalue weighted by Gasteiger charge is 2.22. The van der Waals surface area contributed by atoms with E-state index < -0.39 is 0 Å². The molecule has 1 aromatic carbocycles. The fourth-order valence-corrected chi connectivity index (χ4v) is 2.92. The van der Waals surface area contributed by atoms with Crippen LogP contribution in [0, 0.1) is 5.92 Å². The number of piperidine rings is 1. The minimum absolute atomic E-state index is 0.444. The number of rotatable bonds is 2. The van der Waals surface area contributed by atoms with Crippen molar-refractivity contribution in [2.45, 2.75) is 32.5 Å². The van der Waals surface area contributed by atoms with E-state index in [1.165, 1.54) is 24.0 Å². The smallest absolute Gasteiger partial charge is 0.119 e. The Balaban J connectivity index is 1.84. The van der Waals surface area contributed by atoms with Crippen LogP contribution >= 0.6 is 0 Å². The Kier molecular flexibility index (Phi) is 3.04. The summed E-state index contributed by atoms with van der Waals surface area (Å²) in [5, 5.41) is 13.5. The normalized spacial score (nSPS) is 23.6. The zero-order valence-corrected chi connectivity index (χ0v) is 10.0. The quantitative estimate of drug-likeness (QED) is 0.820. The van der Waals surface area contributed by atoms with Crippen molar-refractivity contribution in [3.8, 4) is 5.75 Å². The first kappa shape index (κ1) is 11.1. The summed E-state index contributed by atoms with van der Waals surface area (Å²) < 4.78 is 5.47. The Morgan fingerprint density at radius 2 is 2.29 bits per heavy atom. The van der Waals surface area contributed by atoms with E-state index >= 15 is 0 Å². The Hall–Kier alpha value is -1.06. The Bertz CT molecular complexity index is 411. The predicted octanol–water partition coefficient (Wildman–Crippen LogP) is 1.96. The largest absolute Gasteiger partial charge is 0.508 e. The minimum Gasteiger partial charge on any atom is -0.508 e. The second-order valence-corrected chi connectivity index (χ2v) is 5.11. The van der Waals surface area contributed by atoms with Crippen LogP contribution in [0.4, 0.5) is 0 Å². The van der Waals surface area contributed by atoms with Gasteiger partial charge < -0.3 is 15.2 Å². The van der Waals surface area contributed by atoms with Crippen molar-refractivity contribution in [1.29, 1.82) is 0 Å². The van der Waals surface area contributed by atoms with Gasteiger partial charge in [-0.15, -0.1) is 0 Å². The first-order valence-electron chi connectivity index (χ1n) is 6.45. The zero-order chi connectivity index (χ0) is 11.7. The molecule has 2 aliphatic heterocycles. The molecule has 17 heavy (non-hydrogen) atoms. The van der Waals surface area contributed by atoms with Crippen molar-refractivity contribution in [3.05, 3.63) is 28.8 Å². The summed E-state index contributed by atoms with van der Waals surface area (Å²) >= 11 is 0. The second kappa shape index (κ2) is 4.67. The van der Waals surface area contributed by atoms with Crippen molar-refractivity contribution < 1.29 is 9.84 Å². The molecule has 1 aromatic rings. The monoisotopic (exact) mass is 233 g/mol. The number of benzene rings is 1. The fraction of sp³-hybridized carbons (Fsp3) is 0.571. The summed E-state index contributed by atoms with van der Waals surface area (Å²) in [6.45, 7) is 3.58. The average molecular weight is 233 g/mol. The van der Waals surface area contributed by atoms with Crippen LogP contribution in [0.25, 0.3) is 0 Å². The third kappa shape index (κ3) is 2.17. The van der Waals surface area contributed by atoms with Crippen LogP contribution in [0.3, 0.4) is 0 Å². The predicted molar refractivity (Wildman–Crippen MR) is 65.9 cm³/mol. The lowest BCUT2D eigenvalue weighted by Crippen LogP contribution is -2.31. The topological polar surface area (TPSA) is 41.5 Å². The maximum atomic E-state index is 10.0. The molecule has 1 unspecified atom stereocenters. The van der Waals surface area contributed by atoms with E-state index in [-0.39, 0.29) is 0 Å². The standard InChI is InChI=1S/C14H19NO2/c16-14-4-3-11-8-17-9-13(11)12(14)6-10-2-1-5-15-7-10/h3-4,10,15-16H,1-2,5-9H2. The summed E-state index contributed by atoms with van der Waals surface area (Å²) in [4.78, 5) is 0. The summed E-state index contributed by atoms with van der Waals surface area (Å²) in [5.74, 6) is 1.10. The zero-order valence-electron chi connectivity index (χ0n) is 10.0. The van der Waals surface area contributed by atoms with Crippen LogP contribution in [0.2, 0.25) is 0 Å². The van der Waals surface area contributed by atoms with Crippen LogP contribution in [-0.2, 0) is 24.4 Å². The van der Waals surface area contributed by atoms with E-state index in [2.05, 4.69) is 5.32 Å². The number of hydrogen-bond acceptors (Lipinski definition) is 3. The van der Waals surface area contributed by atoms with Crippen LogP contribution in [0.5, 0.6) is 5.75 Å². The van der Waals surface area contributed by atoms with Crippen LogP contribution in [0.1, 0.15) is 29.5 Å². The van der Waals surface area contributed by atoms with Gasteiger partial charge in [-0.3, -0.25) is 0 Å². The van der Waals surface area contributed by atoms with Gasteiger partial charge in [0.15, 0.2) is 0 Å². The number of fused-ring (bicyclic) bond motifs is 1. The molecule has 0 bridgehead atoms. The lowest BCUT2D eigenvalue weighted by molar-refractivity contribution is 0.134. The maximum Gasteiger partial charge on any atom is 0.119 e. The number of phenols is 1. The molecule has 0 saturated carbocycles. The Morgan fingerprint density at radius 1 is 1.35 bits per heavy atom. The van der Waals surface area contributed by atoms with E-state index in [4.69, 9.17) is 4.74 Å². The molecular weight excluding hydrogens is 214 g/mol. The van der Waals surface area contributed by atoms with Crippen LogP contribution < -0.4 is 5.32 Å². The molecule has 3 heteroatoms. The van der Waals surface area contributed by atoms with E-state index in [9.17, 15) is 5.11 Å². The molecule has 3 rings (SSSR count). The molecule has 0 radical (unpaired) electrons. The number of phenolic OH excluding ortho intramolecular Hbond substituents is 1. The molecule has 1 atom stereocenters. The first-order chi connectivity index (χ1) is 8.34. The van der Waals surface area contributed by atoms with Crippen molar-refractivity contribution >= 4 is 0 Å². The Morgan fingerprint density at radius 3 is 3.12 bits per heavy atom. The minimum atomic E-state index is 0.444. The van der Waals surface area contributed by atoms with Gasteiger partial charge in [0, 0.05) is 5.56 Å². The number of nitrogens with one attached hydrogen (secondary N) is 1. The van der Waals surface area contributed by atoms with Crippen molar-refractivity contribution in [3.63, 3.8) is 0 Å². The third-order valence-corrected chi connectivity index (χ3v) is 3.90. The molecular formula is C14H19NO2. The fourth-order valence-electron chi connectivity index (χ4n) is 2.92. The van der Waals surface area contributed by atoms with E-state index in [0.717, 1.165) is 25.1 Å². The molecule has 0 aliphatic carbocycles. The Labute approximate surface area is 102 Å². The van der Waals surface area contributed by atoms with Crippen LogP contribution in [0.15, 0.2) is 12.1 Å². The number of hydrogen-bond donors (Lipinski definition) is 2. The molecule has 3 nitrogen and oxygen atoms in total. The van der Waals surface area contributed by atoms with Gasteiger partial charge in [0.2, 0.25) is 0 Å². The van der Waals surface area contributed by atoms with Gasteiger partial charge in [-0.05, 0) is 55.5 Å². The highest BCUT2D eigenvalue weighted by atomic mass is 16.5. The molecule has 1 saturated heterocycles. The molecule has 0 spiro atoms. The van der Waals surface area contributed by atoms with Gasteiger partial charge >= 0.3 is 0 Å². The van der Waals surface area contributed by atoms with Crippen LogP contribution in [-0.4, -0.2) is 18.2 Å². The molecule has 0 amide bonds. The molecule has 0 aromatic heterocycles. The first-order valence-corrected chi connectivity index (χ1v) is 6.45. The lowest BCUT2D eigenvalue weighted by atomic mass is 9.89. The lowest BCUT2D eigenvalue weighted by Gasteiger charge is -2.24. The van der Waals surface area contributed by atoms with E-state index in [0.29, 0.717) is 24.9 Å². The maximum absolute atomic E-state index is 10.0. The highest BCUT2D eigenvalue weighted by Crippen LogP contribution is 2.32. The number of aromatic hydroxyl groups is 1. The second-order valence-electron chi connectivity index (χ2n) is 5.11. The van der Waals surface area contributed by atoms with Gasteiger partial charge in [0.05, 0.1) is 13.2 Å². The van der Waals surface area contributed by atoms with Gasteiger partial charge in [0.1, 0.15) is 5.75 Å². The molecule has 2 heterocycles. The third-order valence-electron chi connectivity index (χ3n) is 3.90. The van der Waals surface area contributed by atoms with Gasteiger partial charge in [-0.1, -0.05) is 6.07 Å². The number of ether oxygens (including phenoxy) is 1. The average Bonchev–Trinajstić information content (AvgIpc) is 2.83. The highest BCUT2D eigenvalue weighted by molar-refractivity contribution is 5.45. The van der Waals surface area contributed by atoms with Gasteiger partial charge in [-0.25, -0.2) is 0 Å². The van der Waals surface area contributed by atoms with Crippen molar-refractivity contribution in [2.24, 2.45) is 5.92 Å². The molecule has 2 N–H and O–H groups in total. The summed E-state index contributed by atoms with van der Waals surface area (Å²) in [6.07, 6.45) is 3.49. The molecule has 92 valence electrons. The van der Waals surface area contributed by atoms with Crippen molar-refractivity contribution in [1.82, 2.24) is 5.32 Å². The molecule has 2 aliphatic rings. The summed E-state index contributed by atoms with van der Waals surface area (Å²) in [5.41, 5.74) is 3.60. The van der Waals surface area contributed by atoms with E-state index in [1.807, 2.05) is 12.1 Å². The SMILES string of the molecule is Oc1ccc2c(c1CC1CCCNC1)COC2. The van der Waals surface area contributed by atoms with Gasteiger partial charge in [0.25, 0.3) is 0 Å².